The predicted octanol–water partition coefficient (Wildman–Crippen LogP) is 1.23. The molecule has 8 nitrogen and oxygen atoms in total. The van der Waals surface area contributed by atoms with Crippen LogP contribution < -0.4 is 15.2 Å². The zero-order valence-corrected chi connectivity index (χ0v) is 16.8. The fraction of sp³-hybridized carbons (Fsp3) is 0.429. The quantitative estimate of drug-likeness (QED) is 0.515. The Morgan fingerprint density at radius 2 is 2.10 bits per heavy atom. The number of quaternary nitrogens is 1. The predicted molar refractivity (Wildman–Crippen MR) is 105 cm³/mol. The van der Waals surface area contributed by atoms with Gasteiger partial charge in [-0.05, 0) is 17.7 Å². The number of phenolic OH excluding ortho intramolecular Hbond substituents is 1. The summed E-state index contributed by atoms with van der Waals surface area (Å²) in [6, 6.07) is 1.86. The number of allylic oxidation sites excluding steroid dienone is 2. The maximum atomic E-state index is 11.5. The molecule has 0 spiro atoms. The van der Waals surface area contributed by atoms with Crippen LogP contribution in [-0.4, -0.2) is 61.9 Å². The molecule has 0 amide bonds. The summed E-state index contributed by atoms with van der Waals surface area (Å²) in [5, 5.41) is 22.6. The van der Waals surface area contributed by atoms with Crippen LogP contribution in [0.4, 0.5) is 0 Å². The summed E-state index contributed by atoms with van der Waals surface area (Å²) in [7, 11) is 5.11. The summed E-state index contributed by atoms with van der Waals surface area (Å²) in [5.41, 5.74) is 8.53. The molecular weight excluding hydrogens is 376 g/mol. The van der Waals surface area contributed by atoms with Crippen LogP contribution in [0, 0.1) is 0 Å². The minimum Gasteiger partial charge on any atom is -0.504 e. The lowest BCUT2D eigenvalue weighted by atomic mass is 9.73. The first-order valence-corrected chi connectivity index (χ1v) is 9.45. The molecule has 0 aliphatic carbocycles. The largest absolute Gasteiger partial charge is 0.504 e. The Hall–Kier alpha value is -2.68. The minimum absolute atomic E-state index is 0.0473. The number of methoxy groups -OCH3 is 2. The van der Waals surface area contributed by atoms with E-state index < -0.39 is 11.8 Å². The third-order valence-electron chi connectivity index (χ3n) is 6.24. The van der Waals surface area contributed by atoms with Gasteiger partial charge >= 0.3 is 0 Å². The summed E-state index contributed by atoms with van der Waals surface area (Å²) < 4.78 is 21.5. The Balaban J connectivity index is 1.92. The number of piperidine rings is 1. The second-order valence-corrected chi connectivity index (χ2v) is 7.81. The molecular formula is C21H27N2O6+. The molecule has 8 heteroatoms. The normalized spacial score (nSPS) is 33.1. The van der Waals surface area contributed by atoms with Gasteiger partial charge < -0.3 is 29.2 Å². The van der Waals surface area contributed by atoms with Gasteiger partial charge in [0.25, 0.3) is 0 Å². The van der Waals surface area contributed by atoms with Crippen LogP contribution in [0.1, 0.15) is 11.1 Å². The van der Waals surface area contributed by atoms with E-state index >= 15 is 0 Å². The fourth-order valence-corrected chi connectivity index (χ4v) is 4.73. The number of aliphatic hydroxyl groups excluding tert-OH is 1. The highest BCUT2D eigenvalue weighted by Crippen LogP contribution is 2.54. The molecule has 0 saturated carbocycles. The van der Waals surface area contributed by atoms with Crippen molar-refractivity contribution < 1.29 is 33.6 Å². The number of ether oxygens (including phenoxy) is 4. The second kappa shape index (κ2) is 6.98. The van der Waals surface area contributed by atoms with Crippen molar-refractivity contribution in [3.63, 3.8) is 0 Å². The van der Waals surface area contributed by atoms with Crippen molar-refractivity contribution in [1.82, 2.24) is 0 Å². The molecule has 3 heterocycles. The number of phenols is 1. The number of nitrogens with zero attached hydrogens (tertiary/aromatic N) is 1. The molecule has 1 fully saturated rings. The van der Waals surface area contributed by atoms with E-state index in [4.69, 9.17) is 24.7 Å². The van der Waals surface area contributed by atoms with Crippen LogP contribution in [0.25, 0.3) is 0 Å². The first-order valence-electron chi connectivity index (χ1n) is 9.45. The van der Waals surface area contributed by atoms with E-state index in [2.05, 4.69) is 0 Å². The molecule has 0 radical (unpaired) electrons. The van der Waals surface area contributed by atoms with Gasteiger partial charge in [0.15, 0.2) is 17.6 Å². The van der Waals surface area contributed by atoms with Gasteiger partial charge in [0.05, 0.1) is 45.9 Å². The maximum absolute atomic E-state index is 11.5. The van der Waals surface area contributed by atoms with Crippen LogP contribution in [0.3, 0.4) is 0 Å². The number of rotatable bonds is 3. The van der Waals surface area contributed by atoms with Crippen LogP contribution in [0.2, 0.25) is 0 Å². The zero-order valence-electron chi connectivity index (χ0n) is 16.8. The molecule has 3 atom stereocenters. The topological polar surface area (TPSA) is 103 Å². The highest BCUT2D eigenvalue weighted by Gasteiger charge is 2.62. The number of aromatic hydroxyl groups is 1. The number of hydrogen-bond acceptors (Lipinski definition) is 7. The third-order valence-corrected chi connectivity index (χ3v) is 6.24. The lowest BCUT2D eigenvalue weighted by molar-refractivity contribution is -0.971. The van der Waals surface area contributed by atoms with E-state index in [1.54, 1.807) is 32.6 Å². The highest BCUT2D eigenvalue weighted by molar-refractivity contribution is 5.63. The van der Waals surface area contributed by atoms with Crippen molar-refractivity contribution in [2.45, 2.75) is 18.2 Å². The zero-order chi connectivity index (χ0) is 20.8. The summed E-state index contributed by atoms with van der Waals surface area (Å²) in [5.74, 6) is 0.717. The number of fused-ring (bicyclic) bond motifs is 4. The highest BCUT2D eigenvalue weighted by atomic mass is 16.7. The molecule has 3 aliphatic rings. The van der Waals surface area contributed by atoms with E-state index in [1.807, 2.05) is 13.1 Å². The van der Waals surface area contributed by atoms with Gasteiger partial charge in [-0.1, -0.05) is 6.08 Å². The fourth-order valence-electron chi connectivity index (χ4n) is 4.73. The number of likely N-dealkylation sites (N-methyl/N-ethyl adjacent to an activating group) is 1. The lowest BCUT2D eigenvalue weighted by Crippen LogP contribution is -2.75. The van der Waals surface area contributed by atoms with Gasteiger partial charge in [-0.3, -0.25) is 10.2 Å². The molecule has 156 valence electrons. The number of benzene rings is 1. The molecule has 0 bridgehead atoms. The SMILES string of the molecule is CO\C=C1/C[N+]2(C)CCc3cc4c(c(O)c3[C@]2(N)C(O)/C1=C/C=C/OC)OCO4. The Labute approximate surface area is 169 Å². The summed E-state index contributed by atoms with van der Waals surface area (Å²) in [6.45, 7) is 1.26. The van der Waals surface area contributed by atoms with Crippen molar-refractivity contribution in [2.24, 2.45) is 5.73 Å². The summed E-state index contributed by atoms with van der Waals surface area (Å²) in [6.07, 6.45) is 6.19. The average molecular weight is 403 g/mol. The lowest BCUT2D eigenvalue weighted by Gasteiger charge is -2.57. The van der Waals surface area contributed by atoms with Gasteiger partial charge in [-0.2, -0.15) is 0 Å². The van der Waals surface area contributed by atoms with Crippen LogP contribution in [0.15, 0.2) is 41.9 Å². The monoisotopic (exact) mass is 403 g/mol. The Morgan fingerprint density at radius 3 is 2.83 bits per heavy atom. The molecule has 1 aromatic rings. The minimum atomic E-state index is -1.28. The van der Waals surface area contributed by atoms with E-state index in [0.717, 1.165) is 11.1 Å². The van der Waals surface area contributed by atoms with Crippen molar-refractivity contribution in [1.29, 1.82) is 0 Å². The molecule has 2 unspecified atom stereocenters. The van der Waals surface area contributed by atoms with Gasteiger partial charge in [0.2, 0.25) is 18.2 Å². The van der Waals surface area contributed by atoms with Crippen LogP contribution in [0.5, 0.6) is 17.2 Å². The molecule has 4 N–H and O–H groups in total. The molecule has 3 aliphatic heterocycles. The third kappa shape index (κ3) is 2.71. The van der Waals surface area contributed by atoms with E-state index in [0.29, 0.717) is 40.9 Å². The first kappa shape index (κ1) is 19.6. The number of hydrogen-bond donors (Lipinski definition) is 3. The maximum Gasteiger partial charge on any atom is 0.231 e. The van der Waals surface area contributed by atoms with E-state index in [-0.39, 0.29) is 18.3 Å². The smallest absolute Gasteiger partial charge is 0.231 e. The Bertz CT molecular complexity index is 924. The molecule has 29 heavy (non-hydrogen) atoms. The molecule has 1 aromatic carbocycles. The van der Waals surface area contributed by atoms with Crippen molar-refractivity contribution in [2.75, 3.05) is 41.1 Å². The van der Waals surface area contributed by atoms with E-state index in [1.165, 1.54) is 6.26 Å². The van der Waals surface area contributed by atoms with Crippen molar-refractivity contribution in [3.05, 3.63) is 53.0 Å². The molecule has 0 aromatic heterocycles. The van der Waals surface area contributed by atoms with Crippen molar-refractivity contribution in [3.8, 4) is 17.2 Å². The van der Waals surface area contributed by atoms with Crippen LogP contribution in [-0.2, 0) is 21.6 Å². The van der Waals surface area contributed by atoms with Gasteiger partial charge in [0.1, 0.15) is 6.54 Å². The van der Waals surface area contributed by atoms with Gasteiger partial charge in [0, 0.05) is 17.6 Å². The number of nitrogens with two attached hydrogens (primary N) is 1. The standard InChI is InChI=1S/C21H26N2O6/c1-23-7-6-13-9-16-19(29-12-28-16)18(24)17(13)21(23,22)20(25)15(5-4-8-26-2)14(10-23)11-27-3/h4-5,8-9,11,20,25H,6-7,10,12,22H2,1-3H3/p+1/b8-4+,14-11+,15-5+/t20?,21-,23?/m1/s1. The molecule has 4 rings (SSSR count). The number of aliphatic hydroxyl groups is 1. The first-order chi connectivity index (χ1) is 13.9. The second-order valence-electron chi connectivity index (χ2n) is 7.81. The molecule has 1 saturated heterocycles. The Morgan fingerprint density at radius 1 is 1.31 bits per heavy atom. The summed E-state index contributed by atoms with van der Waals surface area (Å²) in [4.78, 5) is 0. The Kier molecular flexibility index (Phi) is 4.72. The summed E-state index contributed by atoms with van der Waals surface area (Å²) >= 11 is 0. The van der Waals surface area contributed by atoms with Crippen LogP contribution >= 0.6 is 0 Å². The van der Waals surface area contributed by atoms with Crippen molar-refractivity contribution >= 4 is 0 Å². The van der Waals surface area contributed by atoms with Gasteiger partial charge in [-0.15, -0.1) is 0 Å². The average Bonchev–Trinajstić information content (AvgIpc) is 3.16. The van der Waals surface area contributed by atoms with E-state index in [9.17, 15) is 10.2 Å². The van der Waals surface area contributed by atoms with Gasteiger partial charge in [-0.25, -0.2) is 0 Å².